The van der Waals surface area contributed by atoms with Crippen molar-refractivity contribution in [2.24, 2.45) is 0 Å². The van der Waals surface area contributed by atoms with Crippen molar-refractivity contribution in [1.29, 1.82) is 0 Å². The van der Waals surface area contributed by atoms with E-state index in [1.54, 1.807) is 12.0 Å². The molecule has 6 nitrogen and oxygen atoms in total. The summed E-state index contributed by atoms with van der Waals surface area (Å²) in [6, 6.07) is 9.30. The number of piperidine rings is 1. The summed E-state index contributed by atoms with van der Waals surface area (Å²) in [6.45, 7) is 2.26. The van der Waals surface area contributed by atoms with Crippen molar-refractivity contribution in [3.8, 4) is 0 Å². The Balaban J connectivity index is 1.89. The summed E-state index contributed by atoms with van der Waals surface area (Å²) in [5.74, 6) is -0.803. The molecule has 2 rings (SSSR count). The highest BCUT2D eigenvalue weighted by Crippen LogP contribution is 2.36. The number of ether oxygens (including phenoxy) is 2. The number of amides is 1. The van der Waals surface area contributed by atoms with Crippen LogP contribution in [0.15, 0.2) is 30.3 Å². The highest BCUT2D eigenvalue weighted by Gasteiger charge is 2.43. The van der Waals surface area contributed by atoms with Gasteiger partial charge in [-0.05, 0) is 18.4 Å². The molecule has 1 aromatic carbocycles. The minimum Gasteiger partial charge on any atom is -0.481 e. The quantitative estimate of drug-likeness (QED) is 0.732. The number of hydrogen-bond donors (Lipinski definition) is 1. The Hall–Kier alpha value is -1.92. The summed E-state index contributed by atoms with van der Waals surface area (Å²) in [6.07, 6.45) is 1.18. The molecule has 0 radical (unpaired) electrons. The van der Waals surface area contributed by atoms with Crippen LogP contribution in [-0.2, 0) is 24.5 Å². The summed E-state index contributed by atoms with van der Waals surface area (Å²) in [7, 11) is 1.60. The van der Waals surface area contributed by atoms with E-state index in [1.165, 1.54) is 0 Å². The second-order valence-corrected chi connectivity index (χ2v) is 5.99. The third-order valence-corrected chi connectivity index (χ3v) is 4.60. The van der Waals surface area contributed by atoms with Gasteiger partial charge in [-0.1, -0.05) is 30.3 Å². The van der Waals surface area contributed by atoms with Crippen molar-refractivity contribution in [1.82, 2.24) is 4.90 Å². The maximum atomic E-state index is 12.2. The Bertz CT molecular complexity index is 538. The van der Waals surface area contributed by atoms with Crippen molar-refractivity contribution < 1.29 is 24.2 Å². The Kier molecular flexibility index (Phi) is 6.75. The van der Waals surface area contributed by atoms with Crippen LogP contribution < -0.4 is 0 Å². The first kappa shape index (κ1) is 18.4. The number of hydrogen-bond acceptors (Lipinski definition) is 4. The number of carbonyl (C=O) groups excluding carboxylic acids is 1. The van der Waals surface area contributed by atoms with Crippen LogP contribution in [0.25, 0.3) is 0 Å². The van der Waals surface area contributed by atoms with E-state index in [0.29, 0.717) is 52.2 Å². The molecule has 1 N–H and O–H groups in total. The summed E-state index contributed by atoms with van der Waals surface area (Å²) in [5.41, 5.74) is -0.0833. The van der Waals surface area contributed by atoms with E-state index < -0.39 is 11.4 Å². The molecular formula is C18H25NO5. The van der Waals surface area contributed by atoms with Crippen molar-refractivity contribution >= 4 is 11.9 Å². The normalized spacial score (nSPS) is 16.8. The second kappa shape index (κ2) is 8.80. The van der Waals surface area contributed by atoms with Gasteiger partial charge in [-0.2, -0.15) is 0 Å². The highest BCUT2D eigenvalue weighted by atomic mass is 16.5. The van der Waals surface area contributed by atoms with Gasteiger partial charge in [0, 0.05) is 20.2 Å². The van der Waals surface area contributed by atoms with Crippen LogP contribution in [0.3, 0.4) is 0 Å². The van der Waals surface area contributed by atoms with Gasteiger partial charge in [0.25, 0.3) is 0 Å². The van der Waals surface area contributed by atoms with Gasteiger partial charge >= 0.3 is 5.97 Å². The van der Waals surface area contributed by atoms with E-state index in [9.17, 15) is 14.7 Å². The van der Waals surface area contributed by atoms with Gasteiger partial charge in [0.15, 0.2) is 0 Å². The van der Waals surface area contributed by atoms with E-state index >= 15 is 0 Å². The molecule has 1 saturated heterocycles. The third kappa shape index (κ3) is 4.33. The van der Waals surface area contributed by atoms with Gasteiger partial charge in [-0.25, -0.2) is 0 Å². The molecule has 1 aliphatic heterocycles. The summed E-state index contributed by atoms with van der Waals surface area (Å²) in [4.78, 5) is 25.8. The van der Waals surface area contributed by atoms with Gasteiger partial charge in [-0.3, -0.25) is 9.59 Å². The van der Waals surface area contributed by atoms with Crippen LogP contribution >= 0.6 is 0 Å². The van der Waals surface area contributed by atoms with E-state index in [4.69, 9.17) is 9.47 Å². The predicted octanol–water partition coefficient (Wildman–Crippen LogP) is 1.68. The van der Waals surface area contributed by atoms with E-state index in [0.717, 1.165) is 5.56 Å². The second-order valence-electron chi connectivity index (χ2n) is 5.99. The van der Waals surface area contributed by atoms with Crippen molar-refractivity contribution in [3.05, 3.63) is 35.9 Å². The van der Waals surface area contributed by atoms with Crippen LogP contribution in [0.4, 0.5) is 0 Å². The average molecular weight is 335 g/mol. The molecular weight excluding hydrogens is 310 g/mol. The van der Waals surface area contributed by atoms with Crippen LogP contribution in [0.2, 0.25) is 0 Å². The number of carboxylic acid groups (broad SMARTS) is 1. The van der Waals surface area contributed by atoms with Gasteiger partial charge in [0.2, 0.25) is 5.91 Å². The largest absolute Gasteiger partial charge is 0.481 e. The number of nitrogens with zero attached hydrogens (tertiary/aromatic N) is 1. The molecule has 24 heavy (non-hydrogen) atoms. The summed E-state index contributed by atoms with van der Waals surface area (Å²) in [5, 5.41) is 9.76. The minimum atomic E-state index is -0.896. The number of likely N-dealkylation sites (tertiary alicyclic amines) is 1. The van der Waals surface area contributed by atoms with Crippen LogP contribution in [0, 0.1) is 0 Å². The fourth-order valence-corrected chi connectivity index (χ4v) is 3.08. The van der Waals surface area contributed by atoms with Crippen LogP contribution in [0.1, 0.15) is 24.8 Å². The van der Waals surface area contributed by atoms with Crippen LogP contribution in [-0.4, -0.2) is 61.9 Å². The maximum Gasteiger partial charge on any atom is 0.314 e. The number of methoxy groups -OCH3 is 1. The monoisotopic (exact) mass is 335 g/mol. The molecule has 0 atom stereocenters. The first-order valence-corrected chi connectivity index (χ1v) is 8.23. The lowest BCUT2D eigenvalue weighted by molar-refractivity contribution is -0.148. The molecule has 132 valence electrons. The third-order valence-electron chi connectivity index (χ3n) is 4.60. The molecule has 0 saturated carbocycles. The zero-order valence-corrected chi connectivity index (χ0v) is 14.1. The van der Waals surface area contributed by atoms with Crippen LogP contribution in [0.5, 0.6) is 0 Å². The Morgan fingerprint density at radius 1 is 1.12 bits per heavy atom. The number of carbonyl (C=O) groups is 2. The van der Waals surface area contributed by atoms with E-state index in [2.05, 4.69) is 0 Å². The fraction of sp³-hybridized carbons (Fsp3) is 0.556. The van der Waals surface area contributed by atoms with E-state index in [-0.39, 0.29) is 5.91 Å². The molecule has 0 aromatic heterocycles. The summed E-state index contributed by atoms with van der Waals surface area (Å²) < 4.78 is 10.2. The molecule has 1 aromatic rings. The standard InChI is InChI=1S/C18H25NO5/c1-23-13-14-24-12-7-16(20)19-10-8-18(9-11-19,17(21)22)15-5-3-2-4-6-15/h2-6H,7-14H2,1H3,(H,21,22). The molecule has 1 aliphatic rings. The SMILES string of the molecule is COCCOCCC(=O)N1CCC(C(=O)O)(c2ccccc2)CC1. The molecule has 1 heterocycles. The average Bonchev–Trinajstić information content (AvgIpc) is 2.62. The Morgan fingerprint density at radius 2 is 1.79 bits per heavy atom. The lowest BCUT2D eigenvalue weighted by Gasteiger charge is -2.39. The molecule has 0 spiro atoms. The molecule has 1 fully saturated rings. The molecule has 0 aliphatic carbocycles. The number of rotatable bonds is 8. The van der Waals surface area contributed by atoms with Gasteiger partial charge in [0.05, 0.1) is 31.7 Å². The lowest BCUT2D eigenvalue weighted by atomic mass is 9.73. The smallest absolute Gasteiger partial charge is 0.314 e. The minimum absolute atomic E-state index is 0.0134. The molecule has 6 heteroatoms. The Labute approximate surface area is 142 Å². The topological polar surface area (TPSA) is 76.1 Å². The van der Waals surface area contributed by atoms with Crippen molar-refractivity contribution in [2.45, 2.75) is 24.7 Å². The number of carboxylic acids is 1. The fourth-order valence-electron chi connectivity index (χ4n) is 3.08. The summed E-state index contributed by atoms with van der Waals surface area (Å²) >= 11 is 0. The zero-order valence-electron chi connectivity index (χ0n) is 14.1. The Morgan fingerprint density at radius 3 is 2.38 bits per heavy atom. The van der Waals surface area contributed by atoms with Crippen molar-refractivity contribution in [2.75, 3.05) is 40.0 Å². The van der Waals surface area contributed by atoms with Gasteiger partial charge in [-0.15, -0.1) is 0 Å². The predicted molar refractivity (Wildman–Crippen MR) is 88.9 cm³/mol. The van der Waals surface area contributed by atoms with Gasteiger partial charge < -0.3 is 19.5 Å². The molecule has 0 bridgehead atoms. The molecule has 1 amide bonds. The number of benzene rings is 1. The first-order chi connectivity index (χ1) is 11.6. The highest BCUT2D eigenvalue weighted by molar-refractivity contribution is 5.82. The number of aliphatic carboxylic acids is 1. The van der Waals surface area contributed by atoms with Gasteiger partial charge in [0.1, 0.15) is 0 Å². The first-order valence-electron chi connectivity index (χ1n) is 8.23. The zero-order chi connectivity index (χ0) is 17.4. The lowest BCUT2D eigenvalue weighted by Crippen LogP contribution is -2.49. The molecule has 0 unspecified atom stereocenters. The van der Waals surface area contributed by atoms with Crippen molar-refractivity contribution in [3.63, 3.8) is 0 Å². The van der Waals surface area contributed by atoms with E-state index in [1.807, 2.05) is 30.3 Å². The maximum absolute atomic E-state index is 12.2.